The second-order valence-corrected chi connectivity index (χ2v) is 7.10. The highest BCUT2D eigenvalue weighted by Gasteiger charge is 2.24. The van der Waals surface area contributed by atoms with Crippen LogP contribution in [0.25, 0.3) is 0 Å². The van der Waals surface area contributed by atoms with Crippen molar-refractivity contribution in [2.75, 3.05) is 39.6 Å². The quantitative estimate of drug-likeness (QED) is 0.151. The van der Waals surface area contributed by atoms with Gasteiger partial charge in [0.2, 0.25) is 0 Å². The van der Waals surface area contributed by atoms with Gasteiger partial charge in [0, 0.05) is 11.1 Å². The molecule has 1 aromatic rings. The fourth-order valence-corrected chi connectivity index (χ4v) is 2.17. The fourth-order valence-electron chi connectivity index (χ4n) is 2.17. The van der Waals surface area contributed by atoms with Crippen LogP contribution < -0.4 is 4.74 Å². The summed E-state index contributed by atoms with van der Waals surface area (Å²) in [6.45, 7) is 11.5. The highest BCUT2D eigenvalue weighted by atomic mass is 16.7. The summed E-state index contributed by atoms with van der Waals surface area (Å²) in [5, 5.41) is 9.75. The number of rotatable bonds is 15. The van der Waals surface area contributed by atoms with Crippen molar-refractivity contribution in [1.82, 2.24) is 0 Å². The van der Waals surface area contributed by atoms with Crippen molar-refractivity contribution in [2.24, 2.45) is 0 Å². The number of Topliss-reactive ketones (excluding diaryl/α,β-unsaturated/α-hetero) is 1. The molecule has 1 unspecified atom stereocenters. The number of carbonyl (C=O) groups is 2. The third-order valence-electron chi connectivity index (χ3n) is 3.77. The Kier molecular flexibility index (Phi) is 11.3. The summed E-state index contributed by atoms with van der Waals surface area (Å²) in [5.74, 6) is -0.182. The summed E-state index contributed by atoms with van der Waals surface area (Å²) in [4.78, 5) is 23.1. The highest BCUT2D eigenvalue weighted by molar-refractivity contribution is 6.01. The molecule has 0 aliphatic rings. The largest absolute Gasteiger partial charge is 0.491 e. The Morgan fingerprint density at radius 3 is 2.13 bits per heavy atom. The van der Waals surface area contributed by atoms with E-state index in [0.29, 0.717) is 43.3 Å². The van der Waals surface area contributed by atoms with Gasteiger partial charge >= 0.3 is 5.97 Å². The second-order valence-electron chi connectivity index (χ2n) is 7.10. The maximum Gasteiger partial charge on any atom is 0.333 e. The Bertz CT molecular complexity index is 675. The summed E-state index contributed by atoms with van der Waals surface area (Å²) in [7, 11) is 0. The van der Waals surface area contributed by atoms with Crippen molar-refractivity contribution < 1.29 is 38.4 Å². The van der Waals surface area contributed by atoms with Crippen LogP contribution in [-0.4, -0.2) is 68.4 Å². The van der Waals surface area contributed by atoms with E-state index in [-0.39, 0.29) is 19.0 Å². The maximum atomic E-state index is 12.0. The van der Waals surface area contributed by atoms with Gasteiger partial charge in [-0.2, -0.15) is 0 Å². The Balaban J connectivity index is 2.09. The van der Waals surface area contributed by atoms with E-state index in [1.165, 1.54) is 13.8 Å². The monoisotopic (exact) mass is 424 g/mol. The first-order valence-corrected chi connectivity index (χ1v) is 9.75. The number of ether oxygens (including phenoxy) is 5. The van der Waals surface area contributed by atoms with Crippen molar-refractivity contribution in [3.63, 3.8) is 0 Å². The molecule has 0 saturated carbocycles. The van der Waals surface area contributed by atoms with Gasteiger partial charge in [-0.3, -0.25) is 4.79 Å². The molecule has 0 aliphatic carbocycles. The molecule has 0 amide bonds. The SMILES string of the molecule is C=C(C)C(=O)OCCOCCOC(C)OCCOc1ccc(C(=O)C(C)(C)O)cc1. The molecule has 8 heteroatoms. The molecule has 1 N–H and O–H groups in total. The van der Waals surface area contributed by atoms with E-state index in [1.807, 2.05) is 0 Å². The molecule has 1 rings (SSSR count). The van der Waals surface area contributed by atoms with E-state index in [0.717, 1.165) is 0 Å². The summed E-state index contributed by atoms with van der Waals surface area (Å²) in [6, 6.07) is 6.57. The summed E-state index contributed by atoms with van der Waals surface area (Å²) in [5.41, 5.74) is -0.634. The third-order valence-corrected chi connectivity index (χ3v) is 3.77. The van der Waals surface area contributed by atoms with E-state index < -0.39 is 17.9 Å². The van der Waals surface area contributed by atoms with Crippen LogP contribution in [0.3, 0.4) is 0 Å². The van der Waals surface area contributed by atoms with Crippen LogP contribution in [0.4, 0.5) is 0 Å². The Morgan fingerprint density at radius 2 is 1.57 bits per heavy atom. The molecular formula is C22H32O8. The van der Waals surface area contributed by atoms with Crippen molar-refractivity contribution in [3.05, 3.63) is 42.0 Å². The van der Waals surface area contributed by atoms with Crippen molar-refractivity contribution in [2.45, 2.75) is 39.6 Å². The molecule has 0 fully saturated rings. The van der Waals surface area contributed by atoms with Gasteiger partial charge in [-0.05, 0) is 52.0 Å². The van der Waals surface area contributed by atoms with Gasteiger partial charge in [-0.1, -0.05) is 6.58 Å². The van der Waals surface area contributed by atoms with Crippen LogP contribution in [0.15, 0.2) is 36.4 Å². The van der Waals surface area contributed by atoms with Crippen LogP contribution in [0.1, 0.15) is 38.1 Å². The van der Waals surface area contributed by atoms with Crippen molar-refractivity contribution >= 4 is 11.8 Å². The molecular weight excluding hydrogens is 392 g/mol. The van der Waals surface area contributed by atoms with Gasteiger partial charge in [-0.15, -0.1) is 0 Å². The standard InChI is InChI=1S/C22H32O8/c1-16(2)21(24)30-13-11-26-10-12-27-17(3)28-14-15-29-19-8-6-18(7-9-19)20(23)22(4,5)25/h6-9,17,25H,1,10-15H2,2-5H3. The molecule has 0 radical (unpaired) electrons. The maximum absolute atomic E-state index is 12.0. The average Bonchev–Trinajstić information content (AvgIpc) is 2.69. The lowest BCUT2D eigenvalue weighted by atomic mass is 9.97. The summed E-state index contributed by atoms with van der Waals surface area (Å²) < 4.78 is 26.7. The number of esters is 1. The number of aliphatic hydroxyl groups is 1. The van der Waals surface area contributed by atoms with Crippen molar-refractivity contribution in [1.29, 1.82) is 0 Å². The molecule has 0 aliphatic heterocycles. The molecule has 30 heavy (non-hydrogen) atoms. The lowest BCUT2D eigenvalue weighted by Gasteiger charge is -2.16. The van der Waals surface area contributed by atoms with E-state index in [9.17, 15) is 14.7 Å². The first-order valence-electron chi connectivity index (χ1n) is 9.75. The van der Waals surface area contributed by atoms with Gasteiger partial charge in [0.1, 0.15) is 24.6 Å². The van der Waals surface area contributed by atoms with Crippen LogP contribution in [-0.2, 0) is 23.7 Å². The lowest BCUT2D eigenvalue weighted by Crippen LogP contribution is -2.30. The second kappa shape index (κ2) is 13.1. The minimum Gasteiger partial charge on any atom is -0.491 e. The fraction of sp³-hybridized carbons (Fsp3) is 0.545. The Labute approximate surface area is 177 Å². The molecule has 0 heterocycles. The zero-order valence-electron chi connectivity index (χ0n) is 18.1. The number of carbonyl (C=O) groups excluding carboxylic acids is 2. The molecule has 1 aromatic carbocycles. The summed E-state index contributed by atoms with van der Waals surface area (Å²) >= 11 is 0. The zero-order chi connectivity index (χ0) is 22.6. The van der Waals surface area contributed by atoms with E-state index in [4.69, 9.17) is 23.7 Å². The third kappa shape index (κ3) is 10.5. The van der Waals surface area contributed by atoms with Crippen LogP contribution in [0.5, 0.6) is 5.75 Å². The molecule has 1 atom stereocenters. The van der Waals surface area contributed by atoms with Gasteiger partial charge in [0.15, 0.2) is 12.1 Å². The van der Waals surface area contributed by atoms with Crippen LogP contribution in [0.2, 0.25) is 0 Å². The minimum atomic E-state index is -1.41. The normalized spacial score (nSPS) is 12.3. The molecule has 0 spiro atoms. The van der Waals surface area contributed by atoms with Gasteiger partial charge in [0.05, 0.1) is 26.4 Å². The zero-order valence-corrected chi connectivity index (χ0v) is 18.1. The Hall–Kier alpha value is -2.26. The number of benzene rings is 1. The molecule has 8 nitrogen and oxygen atoms in total. The molecule has 0 aromatic heterocycles. The lowest BCUT2D eigenvalue weighted by molar-refractivity contribution is -0.146. The average molecular weight is 424 g/mol. The van der Waals surface area contributed by atoms with Crippen molar-refractivity contribution in [3.8, 4) is 5.75 Å². The van der Waals surface area contributed by atoms with Crippen LogP contribution >= 0.6 is 0 Å². The van der Waals surface area contributed by atoms with Crippen LogP contribution in [0, 0.1) is 0 Å². The molecule has 168 valence electrons. The predicted molar refractivity (Wildman–Crippen MR) is 111 cm³/mol. The molecule has 0 bridgehead atoms. The minimum absolute atomic E-state index is 0.169. The smallest absolute Gasteiger partial charge is 0.333 e. The van der Waals surface area contributed by atoms with E-state index in [2.05, 4.69) is 6.58 Å². The van der Waals surface area contributed by atoms with Gasteiger partial charge in [0.25, 0.3) is 0 Å². The van der Waals surface area contributed by atoms with Gasteiger partial charge < -0.3 is 28.8 Å². The van der Waals surface area contributed by atoms with E-state index in [1.54, 1.807) is 38.1 Å². The number of hydrogen-bond donors (Lipinski definition) is 1. The van der Waals surface area contributed by atoms with Gasteiger partial charge in [-0.25, -0.2) is 4.79 Å². The molecule has 0 saturated heterocycles. The number of ketones is 1. The summed E-state index contributed by atoms with van der Waals surface area (Å²) in [6.07, 6.45) is -0.426. The topological polar surface area (TPSA) is 101 Å². The Morgan fingerprint density at radius 1 is 1.00 bits per heavy atom. The number of hydrogen-bond acceptors (Lipinski definition) is 8. The highest BCUT2D eigenvalue weighted by Crippen LogP contribution is 2.17. The first kappa shape index (κ1) is 25.8. The first-order chi connectivity index (χ1) is 14.1. The van der Waals surface area contributed by atoms with E-state index >= 15 is 0 Å². The predicted octanol–water partition coefficient (Wildman–Crippen LogP) is 2.53.